The fraction of sp³-hybridized carbons (Fsp3) is 0.0800. The Morgan fingerprint density at radius 3 is 2.83 bits per heavy atom. The van der Waals surface area contributed by atoms with Crippen molar-refractivity contribution in [3.8, 4) is 17.0 Å². The van der Waals surface area contributed by atoms with Crippen molar-refractivity contribution >= 4 is 45.8 Å². The minimum Gasteiger partial charge on any atom is -0.536 e. The molecule has 3 aromatic carbocycles. The second kappa shape index (κ2) is 4.87. The number of benzene rings is 3. The molecule has 2 aromatic heterocycles. The lowest BCUT2D eigenvalue weighted by atomic mass is 9.66. The maximum atomic E-state index is 6.55. The largest absolute Gasteiger partial charge is 0.536 e. The van der Waals surface area contributed by atoms with Gasteiger partial charge in [0.15, 0.2) is 12.7 Å². The molecule has 5 heterocycles. The summed E-state index contributed by atoms with van der Waals surface area (Å²) in [4.78, 5) is 2.36. The van der Waals surface area contributed by atoms with E-state index in [1.807, 2.05) is 0 Å². The third kappa shape index (κ3) is 1.65. The van der Waals surface area contributed by atoms with E-state index >= 15 is 0 Å². The van der Waals surface area contributed by atoms with Gasteiger partial charge in [-0.25, -0.2) is 0 Å². The fourth-order valence-electron chi connectivity index (χ4n) is 5.51. The van der Waals surface area contributed by atoms with Crippen LogP contribution in [0, 0.1) is 6.92 Å². The normalized spacial score (nSPS) is 14.8. The molecular weight excluding hydrogens is 371 g/mol. The summed E-state index contributed by atoms with van der Waals surface area (Å²) >= 11 is 0. The van der Waals surface area contributed by atoms with Crippen LogP contribution in [0.2, 0.25) is 0 Å². The maximum Gasteiger partial charge on any atom is 0.531 e. The molecule has 0 saturated carbocycles. The van der Waals surface area contributed by atoms with Gasteiger partial charge < -0.3 is 13.9 Å². The zero-order chi connectivity index (χ0) is 19.6. The van der Waals surface area contributed by atoms with Crippen LogP contribution in [-0.4, -0.2) is 7.05 Å². The summed E-state index contributed by atoms with van der Waals surface area (Å²) in [5.41, 5.74) is 10.6. The van der Waals surface area contributed by atoms with Gasteiger partial charge in [0.25, 0.3) is 0 Å². The smallest absolute Gasteiger partial charge is 0.531 e. The molecule has 0 unspecified atom stereocenters. The van der Waals surface area contributed by atoms with E-state index in [9.17, 15) is 0 Å². The van der Waals surface area contributed by atoms with Crippen molar-refractivity contribution < 1.29 is 13.6 Å². The van der Waals surface area contributed by atoms with Gasteiger partial charge in [-0.05, 0) is 37.3 Å². The number of hydrogen-bond donors (Lipinski definition) is 0. The fourth-order valence-corrected chi connectivity index (χ4v) is 5.51. The van der Waals surface area contributed by atoms with Crippen LogP contribution in [0.3, 0.4) is 0 Å². The molecule has 0 amide bonds. The molecule has 4 nitrogen and oxygen atoms in total. The van der Waals surface area contributed by atoms with Gasteiger partial charge in [-0.2, -0.15) is 4.57 Å². The molecule has 0 atom stereocenters. The first-order valence-electron chi connectivity index (χ1n) is 10.3. The summed E-state index contributed by atoms with van der Waals surface area (Å²) in [7, 11) is -0.150. The average Bonchev–Trinajstić information content (AvgIpc) is 3.42. The predicted molar refractivity (Wildman–Crippen MR) is 118 cm³/mol. The number of nitrogens with zero attached hydrogens (tertiary/aromatic N) is 2. The third-order valence-electron chi connectivity index (χ3n) is 6.77. The van der Waals surface area contributed by atoms with Crippen molar-refractivity contribution in [1.29, 1.82) is 0 Å². The van der Waals surface area contributed by atoms with E-state index < -0.39 is 0 Å². The first-order valence-corrected chi connectivity index (χ1v) is 10.3. The topological polar surface area (TPSA) is 29.5 Å². The molecule has 0 fully saturated rings. The number of anilines is 2. The Bertz CT molecular complexity index is 1590. The SMILES string of the molecule is Cc1ccc2oc3cc4c(cc3c2c1)N1B(O4)c2ccc[n+]3c2-c2c(cccc21)C3. The lowest BCUT2D eigenvalue weighted by Crippen LogP contribution is -2.53. The predicted octanol–water partition coefficient (Wildman–Crippen LogP) is 4.45. The van der Waals surface area contributed by atoms with Crippen LogP contribution in [0.25, 0.3) is 33.2 Å². The van der Waals surface area contributed by atoms with Gasteiger partial charge in [-0.15, -0.1) is 0 Å². The van der Waals surface area contributed by atoms with Crippen molar-refractivity contribution in [3.05, 3.63) is 78.0 Å². The van der Waals surface area contributed by atoms with Gasteiger partial charge in [-0.1, -0.05) is 23.8 Å². The van der Waals surface area contributed by atoms with Gasteiger partial charge in [0.1, 0.15) is 16.9 Å². The number of aryl methyl sites for hydroxylation is 1. The van der Waals surface area contributed by atoms with Crippen molar-refractivity contribution in [2.24, 2.45) is 0 Å². The highest BCUT2D eigenvalue weighted by Crippen LogP contribution is 2.50. The zero-order valence-corrected chi connectivity index (χ0v) is 16.3. The second-order valence-electron chi connectivity index (χ2n) is 8.51. The highest BCUT2D eigenvalue weighted by molar-refractivity contribution is 6.77. The Kier molecular flexibility index (Phi) is 2.46. The quantitative estimate of drug-likeness (QED) is 0.285. The molecule has 5 aromatic rings. The van der Waals surface area contributed by atoms with Gasteiger partial charge in [0.2, 0.25) is 5.69 Å². The van der Waals surface area contributed by atoms with Gasteiger partial charge in [0, 0.05) is 34.2 Å². The molecule has 0 spiro atoms. The number of aromatic nitrogens is 1. The van der Waals surface area contributed by atoms with E-state index in [0.29, 0.717) is 0 Å². The van der Waals surface area contributed by atoms with Crippen LogP contribution < -0.4 is 19.5 Å². The second-order valence-corrected chi connectivity index (χ2v) is 8.51. The van der Waals surface area contributed by atoms with Crippen LogP contribution in [0.4, 0.5) is 11.4 Å². The Balaban J connectivity index is 1.45. The van der Waals surface area contributed by atoms with Crippen molar-refractivity contribution in [2.75, 3.05) is 4.81 Å². The number of fused-ring (bicyclic) bond motifs is 8. The molecule has 140 valence electrons. The van der Waals surface area contributed by atoms with Crippen molar-refractivity contribution in [3.63, 3.8) is 0 Å². The average molecular weight is 387 g/mol. The number of furan rings is 1. The molecule has 0 aliphatic carbocycles. The molecule has 30 heavy (non-hydrogen) atoms. The standard InChI is InChI=1S/C25H16BN2O2/c1-14-7-8-21-16(10-14)17-11-20-23(12-22(17)29-21)30-26-18-5-3-9-27-13-15-4-2-6-19(28(20)26)24(15)25(18)27/h2-12H,13H2,1H3/q+1. The van der Waals surface area contributed by atoms with Crippen molar-refractivity contribution in [2.45, 2.75) is 13.5 Å². The van der Waals surface area contributed by atoms with Gasteiger partial charge in [0.05, 0.1) is 16.7 Å². The van der Waals surface area contributed by atoms with E-state index in [-0.39, 0.29) is 7.05 Å². The molecular formula is C25H16BN2O2+. The molecule has 3 aliphatic heterocycles. The molecule has 0 N–H and O–H groups in total. The lowest BCUT2D eigenvalue weighted by molar-refractivity contribution is -0.671. The zero-order valence-electron chi connectivity index (χ0n) is 16.3. The number of hydrogen-bond acceptors (Lipinski definition) is 3. The molecule has 0 saturated heterocycles. The Morgan fingerprint density at radius 1 is 0.933 bits per heavy atom. The van der Waals surface area contributed by atoms with E-state index in [1.165, 1.54) is 33.5 Å². The summed E-state index contributed by atoms with van der Waals surface area (Å²) in [6.07, 6.45) is 2.17. The van der Waals surface area contributed by atoms with Crippen LogP contribution in [-0.2, 0) is 6.54 Å². The van der Waals surface area contributed by atoms with E-state index in [0.717, 1.165) is 39.9 Å². The summed E-state index contributed by atoms with van der Waals surface area (Å²) in [6, 6.07) is 21.6. The monoisotopic (exact) mass is 387 g/mol. The summed E-state index contributed by atoms with van der Waals surface area (Å²) < 4.78 is 15.0. The number of pyridine rings is 1. The molecule has 3 aliphatic rings. The third-order valence-corrected chi connectivity index (χ3v) is 6.77. The summed E-state index contributed by atoms with van der Waals surface area (Å²) in [5.74, 6) is 0.878. The molecule has 0 radical (unpaired) electrons. The van der Waals surface area contributed by atoms with E-state index in [1.54, 1.807) is 0 Å². The van der Waals surface area contributed by atoms with Crippen LogP contribution >= 0.6 is 0 Å². The van der Waals surface area contributed by atoms with Gasteiger partial charge in [-0.3, -0.25) is 0 Å². The van der Waals surface area contributed by atoms with Crippen LogP contribution in [0.15, 0.2) is 71.3 Å². The first kappa shape index (κ1) is 15.2. The minimum atomic E-state index is -0.150. The van der Waals surface area contributed by atoms with Crippen molar-refractivity contribution in [1.82, 2.24) is 0 Å². The Hall–Kier alpha value is -3.73. The van der Waals surface area contributed by atoms with Crippen LogP contribution in [0.5, 0.6) is 5.75 Å². The Morgan fingerprint density at radius 2 is 1.87 bits per heavy atom. The lowest BCUT2D eigenvalue weighted by Gasteiger charge is -2.28. The first-order chi connectivity index (χ1) is 14.8. The Labute approximate surface area is 173 Å². The highest BCUT2D eigenvalue weighted by atomic mass is 16.5. The maximum absolute atomic E-state index is 6.55. The summed E-state index contributed by atoms with van der Waals surface area (Å²) in [5, 5.41) is 2.29. The van der Waals surface area contributed by atoms with E-state index in [2.05, 4.69) is 83.2 Å². The summed E-state index contributed by atoms with van der Waals surface area (Å²) in [6.45, 7) is 3.04. The molecule has 0 bridgehead atoms. The molecule has 8 rings (SSSR count). The molecule has 5 heteroatoms. The van der Waals surface area contributed by atoms with Crippen LogP contribution in [0.1, 0.15) is 11.1 Å². The van der Waals surface area contributed by atoms with Gasteiger partial charge >= 0.3 is 7.05 Å². The number of rotatable bonds is 0. The minimum absolute atomic E-state index is 0.150. The highest BCUT2D eigenvalue weighted by Gasteiger charge is 2.51. The van der Waals surface area contributed by atoms with E-state index in [4.69, 9.17) is 9.07 Å².